The second kappa shape index (κ2) is 5.52. The van der Waals surface area contributed by atoms with Crippen LogP contribution < -0.4 is 10.6 Å². The molecule has 0 saturated carbocycles. The molecule has 18 heavy (non-hydrogen) atoms. The van der Waals surface area contributed by atoms with E-state index in [1.54, 1.807) is 12.1 Å². The van der Waals surface area contributed by atoms with Crippen LogP contribution in [-0.4, -0.2) is 18.0 Å². The summed E-state index contributed by atoms with van der Waals surface area (Å²) in [5.74, 6) is -0.371. The fourth-order valence-electron chi connectivity index (χ4n) is 2.30. The Bertz CT molecular complexity index is 458. The Morgan fingerprint density at radius 1 is 1.61 bits per heavy atom. The molecule has 3 nitrogen and oxygen atoms in total. The summed E-state index contributed by atoms with van der Waals surface area (Å²) in [6.07, 6.45) is 2.58. The highest BCUT2D eigenvalue weighted by Gasteiger charge is 2.39. The van der Waals surface area contributed by atoms with E-state index >= 15 is 0 Å². The molecule has 1 aliphatic rings. The van der Waals surface area contributed by atoms with Crippen molar-refractivity contribution < 1.29 is 9.18 Å². The number of carbonyl (C=O) groups excluding carboxylic acids is 1. The van der Waals surface area contributed by atoms with Crippen molar-refractivity contribution in [1.29, 1.82) is 0 Å². The lowest BCUT2D eigenvalue weighted by molar-refractivity contribution is -0.122. The third-order valence-electron chi connectivity index (χ3n) is 3.48. The van der Waals surface area contributed by atoms with Gasteiger partial charge in [0, 0.05) is 0 Å². The SMILES string of the molecule is CCC1(C(=O)Nc2cccc(F)c2I)CCCN1. The van der Waals surface area contributed by atoms with Crippen molar-refractivity contribution in [2.24, 2.45) is 0 Å². The largest absolute Gasteiger partial charge is 0.323 e. The number of halogens is 2. The van der Waals surface area contributed by atoms with Crippen LogP contribution in [-0.2, 0) is 4.79 Å². The first-order valence-corrected chi connectivity index (χ1v) is 7.17. The molecule has 1 amide bonds. The van der Waals surface area contributed by atoms with E-state index in [4.69, 9.17) is 0 Å². The standard InChI is InChI=1S/C13H16FIN2O/c1-2-13(7-4-8-16-13)12(18)17-10-6-3-5-9(14)11(10)15/h3,5-6,16H,2,4,7-8H2,1H3,(H,17,18). The normalized spacial score (nSPS) is 23.1. The average Bonchev–Trinajstić information content (AvgIpc) is 2.85. The summed E-state index contributed by atoms with van der Waals surface area (Å²) in [7, 11) is 0. The third kappa shape index (κ3) is 2.51. The molecule has 98 valence electrons. The molecule has 2 rings (SSSR count). The summed E-state index contributed by atoms with van der Waals surface area (Å²) in [6.45, 7) is 2.86. The highest BCUT2D eigenvalue weighted by molar-refractivity contribution is 14.1. The van der Waals surface area contributed by atoms with Gasteiger partial charge in [-0.1, -0.05) is 13.0 Å². The molecule has 0 radical (unpaired) electrons. The maximum Gasteiger partial charge on any atom is 0.244 e. The number of rotatable bonds is 3. The van der Waals surface area contributed by atoms with Gasteiger partial charge in [0.2, 0.25) is 5.91 Å². The first-order chi connectivity index (χ1) is 8.59. The smallest absolute Gasteiger partial charge is 0.244 e. The maximum atomic E-state index is 13.4. The Hall–Kier alpha value is -0.690. The van der Waals surface area contributed by atoms with Gasteiger partial charge >= 0.3 is 0 Å². The maximum absolute atomic E-state index is 13.4. The molecule has 0 aliphatic carbocycles. The Labute approximate surface area is 120 Å². The summed E-state index contributed by atoms with van der Waals surface area (Å²) < 4.78 is 13.9. The zero-order chi connectivity index (χ0) is 13.2. The molecule has 1 aromatic rings. The van der Waals surface area contributed by atoms with Crippen LogP contribution in [0.25, 0.3) is 0 Å². The molecule has 0 bridgehead atoms. The predicted octanol–water partition coefficient (Wildman–Crippen LogP) is 2.90. The molecule has 1 saturated heterocycles. The fourth-order valence-corrected chi connectivity index (χ4v) is 2.80. The van der Waals surface area contributed by atoms with Gasteiger partial charge in [-0.15, -0.1) is 0 Å². The van der Waals surface area contributed by atoms with Gasteiger partial charge in [-0.25, -0.2) is 4.39 Å². The molecule has 1 unspecified atom stereocenters. The van der Waals surface area contributed by atoms with Crippen LogP contribution in [0.15, 0.2) is 18.2 Å². The van der Waals surface area contributed by atoms with E-state index in [1.807, 2.05) is 29.5 Å². The molecule has 1 aliphatic heterocycles. The van der Waals surface area contributed by atoms with Crippen molar-refractivity contribution in [1.82, 2.24) is 5.32 Å². The van der Waals surface area contributed by atoms with Crippen molar-refractivity contribution in [2.45, 2.75) is 31.7 Å². The van der Waals surface area contributed by atoms with Crippen molar-refractivity contribution in [3.05, 3.63) is 27.6 Å². The minimum atomic E-state index is -0.491. The number of anilines is 1. The van der Waals surface area contributed by atoms with Crippen LogP contribution in [0.1, 0.15) is 26.2 Å². The van der Waals surface area contributed by atoms with Crippen molar-refractivity contribution in [2.75, 3.05) is 11.9 Å². The van der Waals surface area contributed by atoms with Crippen molar-refractivity contribution >= 4 is 34.2 Å². The number of amides is 1. The predicted molar refractivity (Wildman–Crippen MR) is 78.0 cm³/mol. The summed E-state index contributed by atoms with van der Waals surface area (Å²) in [6, 6.07) is 4.72. The first-order valence-electron chi connectivity index (χ1n) is 6.09. The van der Waals surface area contributed by atoms with Crippen molar-refractivity contribution in [3.8, 4) is 0 Å². The van der Waals surface area contributed by atoms with Gasteiger partial charge in [0.25, 0.3) is 0 Å². The van der Waals surface area contributed by atoms with Gasteiger partial charge in [0.05, 0.1) is 14.8 Å². The van der Waals surface area contributed by atoms with E-state index < -0.39 is 5.54 Å². The lowest BCUT2D eigenvalue weighted by Crippen LogP contribution is -2.50. The van der Waals surface area contributed by atoms with Crippen LogP contribution in [0.5, 0.6) is 0 Å². The molecule has 1 fully saturated rings. The summed E-state index contributed by atoms with van der Waals surface area (Å²) in [4.78, 5) is 12.3. The van der Waals surface area contributed by atoms with E-state index in [0.29, 0.717) is 9.26 Å². The highest BCUT2D eigenvalue weighted by atomic mass is 127. The number of benzene rings is 1. The molecule has 1 atom stereocenters. The number of nitrogens with one attached hydrogen (secondary N) is 2. The Morgan fingerprint density at radius 3 is 3.00 bits per heavy atom. The minimum absolute atomic E-state index is 0.0639. The van der Waals surface area contributed by atoms with Gasteiger partial charge in [-0.05, 0) is 60.5 Å². The lowest BCUT2D eigenvalue weighted by Gasteiger charge is -2.26. The molecule has 2 N–H and O–H groups in total. The Balaban J connectivity index is 2.18. The van der Waals surface area contributed by atoms with Gasteiger partial charge in [-0.2, -0.15) is 0 Å². The fraction of sp³-hybridized carbons (Fsp3) is 0.462. The van der Waals surface area contributed by atoms with Gasteiger partial charge < -0.3 is 10.6 Å². The Morgan fingerprint density at radius 2 is 2.39 bits per heavy atom. The summed E-state index contributed by atoms with van der Waals surface area (Å²) in [5, 5.41) is 6.10. The van der Waals surface area contributed by atoms with E-state index in [-0.39, 0.29) is 11.7 Å². The number of carbonyl (C=O) groups is 1. The van der Waals surface area contributed by atoms with Crippen LogP contribution in [0.3, 0.4) is 0 Å². The van der Waals surface area contributed by atoms with Gasteiger partial charge in [-0.3, -0.25) is 4.79 Å². The van der Waals surface area contributed by atoms with Crippen molar-refractivity contribution in [3.63, 3.8) is 0 Å². The van der Waals surface area contributed by atoms with E-state index in [1.165, 1.54) is 6.07 Å². The monoisotopic (exact) mass is 362 g/mol. The zero-order valence-corrected chi connectivity index (χ0v) is 12.4. The molecule has 5 heteroatoms. The first kappa shape index (κ1) is 13.7. The lowest BCUT2D eigenvalue weighted by atomic mass is 9.93. The third-order valence-corrected chi connectivity index (χ3v) is 4.58. The second-order valence-corrected chi connectivity index (χ2v) is 5.60. The number of hydrogen-bond donors (Lipinski definition) is 2. The summed E-state index contributed by atoms with van der Waals surface area (Å²) >= 11 is 1.91. The second-order valence-electron chi connectivity index (χ2n) is 4.52. The van der Waals surface area contributed by atoms with Crippen LogP contribution in [0.4, 0.5) is 10.1 Å². The molecule has 1 aromatic carbocycles. The topological polar surface area (TPSA) is 41.1 Å². The molecule has 0 aromatic heterocycles. The summed E-state index contributed by atoms with van der Waals surface area (Å²) in [5.41, 5.74) is 0.0530. The van der Waals surface area contributed by atoms with Gasteiger partial charge in [0.1, 0.15) is 5.82 Å². The minimum Gasteiger partial charge on any atom is -0.323 e. The molecule has 0 spiro atoms. The average molecular weight is 362 g/mol. The zero-order valence-electron chi connectivity index (χ0n) is 10.2. The Kier molecular flexibility index (Phi) is 4.21. The number of hydrogen-bond acceptors (Lipinski definition) is 2. The van der Waals surface area contributed by atoms with Gasteiger partial charge in [0.15, 0.2) is 0 Å². The van der Waals surface area contributed by atoms with E-state index in [9.17, 15) is 9.18 Å². The van der Waals surface area contributed by atoms with Crippen LogP contribution in [0.2, 0.25) is 0 Å². The van der Waals surface area contributed by atoms with Crippen LogP contribution >= 0.6 is 22.6 Å². The van der Waals surface area contributed by atoms with Crippen LogP contribution in [0, 0.1) is 9.39 Å². The van der Waals surface area contributed by atoms with E-state index in [2.05, 4.69) is 10.6 Å². The molecular weight excluding hydrogens is 346 g/mol. The van der Waals surface area contributed by atoms with E-state index in [0.717, 1.165) is 25.8 Å². The highest BCUT2D eigenvalue weighted by Crippen LogP contribution is 2.27. The molecule has 1 heterocycles. The quantitative estimate of drug-likeness (QED) is 0.812. The molecular formula is C13H16FIN2O.